The van der Waals surface area contributed by atoms with Crippen LogP contribution in [0, 0.1) is 6.92 Å². The fourth-order valence-electron chi connectivity index (χ4n) is 2.92. The molecule has 0 spiro atoms. The predicted molar refractivity (Wildman–Crippen MR) is 105 cm³/mol. The van der Waals surface area contributed by atoms with Gasteiger partial charge in [0.05, 0.1) is 17.1 Å². The molecule has 6 nitrogen and oxygen atoms in total. The van der Waals surface area contributed by atoms with E-state index in [0.717, 1.165) is 18.8 Å². The van der Waals surface area contributed by atoms with Crippen LogP contribution in [0.4, 0.5) is 5.69 Å². The normalized spacial score (nSPS) is 11.3. The van der Waals surface area contributed by atoms with Crippen molar-refractivity contribution in [3.63, 3.8) is 0 Å². The van der Waals surface area contributed by atoms with Crippen LogP contribution in [0.3, 0.4) is 0 Å². The van der Waals surface area contributed by atoms with Gasteiger partial charge in [-0.1, -0.05) is 12.1 Å². The number of nitrogens with zero attached hydrogens (tertiary/aromatic N) is 4. The second-order valence-corrected chi connectivity index (χ2v) is 5.95. The average Bonchev–Trinajstić information content (AvgIpc) is 2.64. The lowest BCUT2D eigenvalue weighted by Gasteiger charge is -2.21. The molecule has 1 heterocycles. The first-order valence-electron chi connectivity index (χ1n) is 8.65. The number of hydrogen-bond acceptors (Lipinski definition) is 5. The Morgan fingerprint density at radius 2 is 1.92 bits per heavy atom. The molecule has 0 amide bonds. The zero-order valence-electron chi connectivity index (χ0n) is 15.2. The highest BCUT2D eigenvalue weighted by Crippen LogP contribution is 2.23. The number of para-hydroxylation sites is 1. The zero-order chi connectivity index (χ0) is 18.7. The van der Waals surface area contributed by atoms with Crippen molar-refractivity contribution >= 4 is 22.8 Å². The highest BCUT2D eigenvalue weighted by atomic mass is 16.3. The Morgan fingerprint density at radius 3 is 2.65 bits per heavy atom. The lowest BCUT2D eigenvalue weighted by atomic mass is 10.1. The van der Waals surface area contributed by atoms with E-state index in [2.05, 4.69) is 28.8 Å². The van der Waals surface area contributed by atoms with Crippen molar-refractivity contribution in [2.45, 2.75) is 20.8 Å². The number of phenolic OH excluding ortho intramolecular Hbond substituents is 1. The minimum Gasteiger partial charge on any atom is -0.507 e. The minimum atomic E-state index is -0.233. The van der Waals surface area contributed by atoms with Crippen LogP contribution in [-0.4, -0.2) is 34.1 Å². The number of hydrogen-bond donors (Lipinski definition) is 1. The number of anilines is 1. The summed E-state index contributed by atoms with van der Waals surface area (Å²) in [5.74, 6) is 0.605. The Balaban J connectivity index is 2.04. The third-order valence-corrected chi connectivity index (χ3v) is 4.37. The molecule has 0 unspecified atom stereocenters. The summed E-state index contributed by atoms with van der Waals surface area (Å²) in [5, 5.41) is 14.9. The van der Waals surface area contributed by atoms with Crippen LogP contribution in [0.15, 0.2) is 52.4 Å². The molecule has 0 aliphatic rings. The number of rotatable bonds is 5. The molecular weight excluding hydrogens is 328 g/mol. The maximum absolute atomic E-state index is 12.7. The second-order valence-electron chi connectivity index (χ2n) is 5.95. The molecule has 0 atom stereocenters. The summed E-state index contributed by atoms with van der Waals surface area (Å²) in [6, 6.07) is 12.6. The monoisotopic (exact) mass is 350 g/mol. The van der Waals surface area contributed by atoms with Crippen molar-refractivity contribution in [1.82, 2.24) is 9.66 Å². The van der Waals surface area contributed by atoms with Gasteiger partial charge in [0, 0.05) is 24.3 Å². The molecule has 1 N–H and O–H groups in total. The van der Waals surface area contributed by atoms with Crippen LogP contribution in [0.5, 0.6) is 5.75 Å². The molecule has 2 aromatic carbocycles. The summed E-state index contributed by atoms with van der Waals surface area (Å²) in [6.07, 6.45) is 1.49. The predicted octanol–water partition coefficient (Wildman–Crippen LogP) is 3.14. The maximum atomic E-state index is 12.7. The first kappa shape index (κ1) is 17.7. The maximum Gasteiger partial charge on any atom is 0.282 e. The fourth-order valence-corrected chi connectivity index (χ4v) is 2.92. The van der Waals surface area contributed by atoms with E-state index < -0.39 is 0 Å². The molecule has 0 radical (unpaired) electrons. The Morgan fingerprint density at radius 1 is 1.19 bits per heavy atom. The number of aromatic nitrogens is 2. The summed E-state index contributed by atoms with van der Waals surface area (Å²) in [4.78, 5) is 19.3. The van der Waals surface area contributed by atoms with E-state index in [-0.39, 0.29) is 11.3 Å². The number of aryl methyl sites for hydroxylation is 1. The van der Waals surface area contributed by atoms with Gasteiger partial charge >= 0.3 is 0 Å². The molecule has 0 saturated heterocycles. The van der Waals surface area contributed by atoms with Crippen LogP contribution >= 0.6 is 0 Å². The summed E-state index contributed by atoms with van der Waals surface area (Å²) >= 11 is 0. The molecule has 0 aliphatic carbocycles. The van der Waals surface area contributed by atoms with Crippen molar-refractivity contribution < 1.29 is 5.11 Å². The second kappa shape index (κ2) is 7.39. The Bertz CT molecular complexity index is 1020. The molecule has 134 valence electrons. The number of aromatic hydroxyl groups is 1. The summed E-state index contributed by atoms with van der Waals surface area (Å²) in [7, 11) is 0. The van der Waals surface area contributed by atoms with Gasteiger partial charge in [-0.25, -0.2) is 4.98 Å². The quantitative estimate of drug-likeness (QED) is 0.718. The number of benzene rings is 2. The largest absolute Gasteiger partial charge is 0.507 e. The summed E-state index contributed by atoms with van der Waals surface area (Å²) < 4.78 is 1.26. The van der Waals surface area contributed by atoms with E-state index in [1.807, 2.05) is 18.2 Å². The van der Waals surface area contributed by atoms with E-state index in [1.165, 1.54) is 10.9 Å². The van der Waals surface area contributed by atoms with Gasteiger partial charge in [0.1, 0.15) is 11.6 Å². The first-order valence-corrected chi connectivity index (χ1v) is 8.65. The Labute approximate surface area is 152 Å². The van der Waals surface area contributed by atoms with Gasteiger partial charge in [0.25, 0.3) is 5.56 Å². The van der Waals surface area contributed by atoms with Crippen LogP contribution in [0.1, 0.15) is 25.2 Å². The van der Waals surface area contributed by atoms with Gasteiger partial charge < -0.3 is 10.0 Å². The number of fused-ring (bicyclic) bond motifs is 1. The standard InChI is InChI=1S/C20H22N4O2/c1-4-23(5-2)16-10-11-19(25)15(12-16)13-21-24-14(3)22-18-9-7-6-8-17(18)20(24)26/h6-13,25H,4-5H2,1-3H3/b21-13+. The van der Waals surface area contributed by atoms with E-state index >= 15 is 0 Å². The lowest BCUT2D eigenvalue weighted by Crippen LogP contribution is -2.22. The molecule has 0 saturated carbocycles. The number of phenols is 1. The smallest absolute Gasteiger partial charge is 0.282 e. The SMILES string of the molecule is CCN(CC)c1ccc(O)c(/C=N/n2c(C)nc3ccccc3c2=O)c1. The van der Waals surface area contributed by atoms with Crippen molar-refractivity contribution in [3.05, 3.63) is 64.2 Å². The van der Waals surface area contributed by atoms with E-state index in [9.17, 15) is 9.90 Å². The highest BCUT2D eigenvalue weighted by molar-refractivity contribution is 5.85. The van der Waals surface area contributed by atoms with Crippen LogP contribution in [-0.2, 0) is 0 Å². The zero-order valence-corrected chi connectivity index (χ0v) is 15.2. The highest BCUT2D eigenvalue weighted by Gasteiger charge is 2.08. The fraction of sp³-hybridized carbons (Fsp3) is 0.250. The summed E-state index contributed by atoms with van der Waals surface area (Å²) in [6.45, 7) is 7.62. The van der Waals surface area contributed by atoms with Crippen LogP contribution in [0.2, 0.25) is 0 Å². The Hall–Kier alpha value is -3.15. The molecule has 1 aromatic heterocycles. The van der Waals surface area contributed by atoms with Gasteiger partial charge in [-0.2, -0.15) is 9.78 Å². The van der Waals surface area contributed by atoms with Gasteiger partial charge in [0.2, 0.25) is 0 Å². The molecule has 0 bridgehead atoms. The molecule has 3 rings (SSSR count). The molecular formula is C20H22N4O2. The van der Waals surface area contributed by atoms with Crippen molar-refractivity contribution in [2.24, 2.45) is 5.10 Å². The third-order valence-electron chi connectivity index (χ3n) is 4.37. The van der Waals surface area contributed by atoms with E-state index in [0.29, 0.717) is 22.3 Å². The van der Waals surface area contributed by atoms with Crippen molar-refractivity contribution in [3.8, 4) is 5.75 Å². The van der Waals surface area contributed by atoms with E-state index in [1.54, 1.807) is 31.2 Å². The van der Waals surface area contributed by atoms with Crippen LogP contribution < -0.4 is 10.5 Å². The molecule has 26 heavy (non-hydrogen) atoms. The van der Waals surface area contributed by atoms with Crippen molar-refractivity contribution in [1.29, 1.82) is 0 Å². The molecule has 6 heteroatoms. The Kier molecular flexibility index (Phi) is 5.02. The summed E-state index contributed by atoms with van der Waals surface area (Å²) in [5.41, 5.74) is 1.96. The van der Waals surface area contributed by atoms with Gasteiger partial charge in [-0.3, -0.25) is 4.79 Å². The topological polar surface area (TPSA) is 70.7 Å². The van der Waals surface area contributed by atoms with Crippen molar-refractivity contribution in [2.75, 3.05) is 18.0 Å². The van der Waals surface area contributed by atoms with E-state index in [4.69, 9.17) is 0 Å². The average molecular weight is 350 g/mol. The molecule has 0 aliphatic heterocycles. The van der Waals surface area contributed by atoms with Gasteiger partial charge in [0.15, 0.2) is 0 Å². The molecule has 0 fully saturated rings. The van der Waals surface area contributed by atoms with Gasteiger partial charge in [-0.05, 0) is 51.1 Å². The lowest BCUT2D eigenvalue weighted by molar-refractivity contribution is 0.474. The first-order chi connectivity index (χ1) is 12.5. The molecule has 3 aromatic rings. The van der Waals surface area contributed by atoms with Crippen LogP contribution in [0.25, 0.3) is 10.9 Å². The third kappa shape index (κ3) is 3.31. The van der Waals surface area contributed by atoms with Gasteiger partial charge in [-0.15, -0.1) is 0 Å². The minimum absolute atomic E-state index is 0.115.